The normalized spacial score (nSPS) is 18.1. The number of nitrogens with zero attached hydrogens (tertiary/aromatic N) is 1. The van der Waals surface area contributed by atoms with Gasteiger partial charge < -0.3 is 10.2 Å². The lowest BCUT2D eigenvalue weighted by molar-refractivity contribution is -0.114. The Morgan fingerprint density at radius 1 is 0.950 bits per heavy atom. The summed E-state index contributed by atoms with van der Waals surface area (Å²) in [4.78, 5) is 14.3. The third kappa shape index (κ3) is 2.30. The molecular formula is C17H16N2O. The summed E-state index contributed by atoms with van der Waals surface area (Å²) in [6.07, 6.45) is 1.96. The zero-order valence-corrected chi connectivity index (χ0v) is 11.3. The Morgan fingerprint density at radius 3 is 2.20 bits per heavy atom. The molecule has 1 N–H and O–H groups in total. The van der Waals surface area contributed by atoms with Crippen molar-refractivity contribution >= 4 is 17.3 Å². The molecule has 0 radical (unpaired) electrons. The van der Waals surface area contributed by atoms with Gasteiger partial charge in [0, 0.05) is 11.4 Å². The molecule has 2 aromatic carbocycles. The van der Waals surface area contributed by atoms with E-state index in [2.05, 4.69) is 5.32 Å². The number of rotatable bonds is 3. The van der Waals surface area contributed by atoms with Crippen LogP contribution in [0, 0.1) is 0 Å². The van der Waals surface area contributed by atoms with Gasteiger partial charge in [-0.2, -0.15) is 0 Å². The minimum Gasteiger partial charge on any atom is -0.351 e. The van der Waals surface area contributed by atoms with Crippen LogP contribution in [-0.4, -0.2) is 11.9 Å². The van der Waals surface area contributed by atoms with E-state index in [0.717, 1.165) is 11.4 Å². The fourth-order valence-electron chi connectivity index (χ4n) is 2.41. The van der Waals surface area contributed by atoms with E-state index in [1.54, 1.807) is 4.90 Å². The number of carbonyl (C=O) groups excluding carboxylic acids is 1. The van der Waals surface area contributed by atoms with Gasteiger partial charge in [-0.3, -0.25) is 4.79 Å². The molecule has 1 amide bonds. The molecule has 0 spiro atoms. The number of amides is 1. The van der Waals surface area contributed by atoms with Crippen molar-refractivity contribution in [3.05, 3.63) is 72.4 Å². The average molecular weight is 264 g/mol. The predicted octanol–water partition coefficient (Wildman–Crippen LogP) is 3.42. The Morgan fingerprint density at radius 2 is 1.55 bits per heavy atom. The zero-order valence-electron chi connectivity index (χ0n) is 11.3. The molecule has 3 rings (SSSR count). The maximum atomic E-state index is 12.5. The number of carbonyl (C=O) groups is 1. The first-order valence-electron chi connectivity index (χ1n) is 6.68. The van der Waals surface area contributed by atoms with Gasteiger partial charge in [0.15, 0.2) is 0 Å². The van der Waals surface area contributed by atoms with Crippen LogP contribution in [0.1, 0.15) is 6.92 Å². The van der Waals surface area contributed by atoms with E-state index in [-0.39, 0.29) is 11.9 Å². The fraction of sp³-hybridized carbons (Fsp3) is 0.118. The van der Waals surface area contributed by atoms with Gasteiger partial charge >= 0.3 is 0 Å². The van der Waals surface area contributed by atoms with Crippen LogP contribution in [0.5, 0.6) is 0 Å². The van der Waals surface area contributed by atoms with Crippen LogP contribution in [0.25, 0.3) is 0 Å². The van der Waals surface area contributed by atoms with Crippen molar-refractivity contribution in [2.75, 3.05) is 10.2 Å². The van der Waals surface area contributed by atoms with Gasteiger partial charge in [-0.1, -0.05) is 36.4 Å². The molecule has 100 valence electrons. The van der Waals surface area contributed by atoms with E-state index in [0.29, 0.717) is 5.70 Å². The number of hydrogen-bond donors (Lipinski definition) is 1. The quantitative estimate of drug-likeness (QED) is 0.921. The topological polar surface area (TPSA) is 32.3 Å². The minimum absolute atomic E-state index is 0.00699. The standard InChI is InChI=1S/C17H16N2O/c1-13-12-16(18-14-8-4-2-5-9-14)17(20)19(13)15-10-6-3-7-11-15/h2-13,18H,1H3. The van der Waals surface area contributed by atoms with E-state index in [4.69, 9.17) is 0 Å². The SMILES string of the molecule is CC1C=C(Nc2ccccc2)C(=O)N1c1ccccc1. The van der Waals surface area contributed by atoms with Crippen LogP contribution >= 0.6 is 0 Å². The van der Waals surface area contributed by atoms with Crippen molar-refractivity contribution < 1.29 is 4.79 Å². The van der Waals surface area contributed by atoms with Gasteiger partial charge in [-0.05, 0) is 37.3 Å². The minimum atomic E-state index is 0.00699. The van der Waals surface area contributed by atoms with Gasteiger partial charge in [0.1, 0.15) is 5.70 Å². The number of benzene rings is 2. The molecule has 1 atom stereocenters. The second-order valence-corrected chi connectivity index (χ2v) is 4.82. The molecule has 0 saturated carbocycles. The molecule has 1 aliphatic heterocycles. The van der Waals surface area contributed by atoms with Crippen LogP contribution in [0.15, 0.2) is 72.4 Å². The summed E-state index contributed by atoms with van der Waals surface area (Å²) in [5, 5.41) is 3.19. The third-order valence-electron chi connectivity index (χ3n) is 3.35. The number of anilines is 2. The smallest absolute Gasteiger partial charge is 0.274 e. The highest BCUT2D eigenvalue weighted by Gasteiger charge is 2.30. The highest BCUT2D eigenvalue weighted by Crippen LogP contribution is 2.26. The molecule has 2 aromatic rings. The van der Waals surface area contributed by atoms with E-state index >= 15 is 0 Å². The highest BCUT2D eigenvalue weighted by molar-refractivity contribution is 6.10. The summed E-state index contributed by atoms with van der Waals surface area (Å²) < 4.78 is 0. The Hall–Kier alpha value is -2.55. The van der Waals surface area contributed by atoms with Crippen LogP contribution in [0.4, 0.5) is 11.4 Å². The van der Waals surface area contributed by atoms with E-state index in [1.165, 1.54) is 0 Å². The molecule has 3 nitrogen and oxygen atoms in total. The first-order chi connectivity index (χ1) is 9.75. The summed E-state index contributed by atoms with van der Waals surface area (Å²) in [6, 6.07) is 19.5. The van der Waals surface area contributed by atoms with Crippen LogP contribution < -0.4 is 10.2 Å². The average Bonchev–Trinajstić information content (AvgIpc) is 2.75. The molecule has 20 heavy (non-hydrogen) atoms. The van der Waals surface area contributed by atoms with Gasteiger partial charge in [0.25, 0.3) is 5.91 Å². The van der Waals surface area contributed by atoms with Crippen LogP contribution in [0.3, 0.4) is 0 Å². The first-order valence-corrected chi connectivity index (χ1v) is 6.68. The lowest BCUT2D eigenvalue weighted by Gasteiger charge is -2.21. The van der Waals surface area contributed by atoms with Crippen LogP contribution in [0.2, 0.25) is 0 Å². The summed E-state index contributed by atoms with van der Waals surface area (Å²) in [5.74, 6) is 0.00699. The Bertz CT molecular complexity index is 635. The van der Waals surface area contributed by atoms with Crippen molar-refractivity contribution in [3.8, 4) is 0 Å². The van der Waals surface area contributed by atoms with E-state index in [1.807, 2.05) is 73.7 Å². The molecule has 3 heteroatoms. The predicted molar refractivity (Wildman–Crippen MR) is 81.5 cm³/mol. The second-order valence-electron chi connectivity index (χ2n) is 4.82. The van der Waals surface area contributed by atoms with Gasteiger partial charge in [-0.25, -0.2) is 0 Å². The Labute approximate surface area is 118 Å². The third-order valence-corrected chi connectivity index (χ3v) is 3.35. The summed E-state index contributed by atoms with van der Waals surface area (Å²) in [5.41, 5.74) is 2.48. The van der Waals surface area contributed by atoms with Crippen molar-refractivity contribution in [1.29, 1.82) is 0 Å². The summed E-state index contributed by atoms with van der Waals surface area (Å²) >= 11 is 0. The number of hydrogen-bond acceptors (Lipinski definition) is 2. The second kappa shape index (κ2) is 5.21. The highest BCUT2D eigenvalue weighted by atomic mass is 16.2. The van der Waals surface area contributed by atoms with Gasteiger partial charge in [-0.15, -0.1) is 0 Å². The lowest BCUT2D eigenvalue weighted by Crippen LogP contribution is -2.33. The van der Waals surface area contributed by atoms with Crippen molar-refractivity contribution in [1.82, 2.24) is 0 Å². The Kier molecular flexibility index (Phi) is 3.25. The molecule has 0 saturated heterocycles. The summed E-state index contributed by atoms with van der Waals surface area (Å²) in [6.45, 7) is 2.02. The van der Waals surface area contributed by atoms with E-state index < -0.39 is 0 Å². The largest absolute Gasteiger partial charge is 0.351 e. The molecular weight excluding hydrogens is 248 g/mol. The summed E-state index contributed by atoms with van der Waals surface area (Å²) in [7, 11) is 0. The Balaban J connectivity index is 1.82. The first kappa shape index (κ1) is 12.5. The van der Waals surface area contributed by atoms with E-state index in [9.17, 15) is 4.79 Å². The number of para-hydroxylation sites is 2. The van der Waals surface area contributed by atoms with Gasteiger partial charge in [0.05, 0.1) is 6.04 Å². The fourth-order valence-corrected chi connectivity index (χ4v) is 2.41. The zero-order chi connectivity index (χ0) is 13.9. The van der Waals surface area contributed by atoms with Crippen molar-refractivity contribution in [2.24, 2.45) is 0 Å². The lowest BCUT2D eigenvalue weighted by atomic mass is 10.2. The van der Waals surface area contributed by atoms with Gasteiger partial charge in [0.2, 0.25) is 0 Å². The van der Waals surface area contributed by atoms with Crippen molar-refractivity contribution in [3.63, 3.8) is 0 Å². The maximum absolute atomic E-state index is 12.5. The molecule has 1 heterocycles. The number of nitrogens with one attached hydrogen (secondary N) is 1. The molecule has 1 aliphatic rings. The van der Waals surface area contributed by atoms with Crippen LogP contribution in [-0.2, 0) is 4.79 Å². The molecule has 0 bridgehead atoms. The van der Waals surface area contributed by atoms with Crippen molar-refractivity contribution in [2.45, 2.75) is 13.0 Å². The molecule has 0 fully saturated rings. The molecule has 1 unspecified atom stereocenters. The molecule has 0 aromatic heterocycles. The monoisotopic (exact) mass is 264 g/mol. The maximum Gasteiger partial charge on any atom is 0.274 e. The molecule has 0 aliphatic carbocycles.